The molecule has 0 saturated heterocycles. The Hall–Kier alpha value is -5.14. The van der Waals surface area contributed by atoms with Crippen LogP contribution in [0.2, 0.25) is 0 Å². The molecule has 0 saturated carbocycles. The minimum absolute atomic E-state index is 0.254. The Kier molecular flexibility index (Phi) is 6.01. The van der Waals surface area contributed by atoms with Crippen molar-refractivity contribution < 1.29 is 23.8 Å². The van der Waals surface area contributed by atoms with E-state index in [2.05, 4.69) is 35.2 Å². The third-order valence-corrected chi connectivity index (χ3v) is 6.35. The van der Waals surface area contributed by atoms with Gasteiger partial charge < -0.3 is 34.4 Å². The van der Waals surface area contributed by atoms with Crippen molar-refractivity contribution in [3.63, 3.8) is 0 Å². The topological polar surface area (TPSA) is 165 Å². The number of furan rings is 1. The summed E-state index contributed by atoms with van der Waals surface area (Å²) in [6.07, 6.45) is 3.20. The Morgan fingerprint density at radius 3 is 2.80 bits per heavy atom. The number of nitrogens with zero attached hydrogens (tertiary/aromatic N) is 7. The Morgan fingerprint density at radius 1 is 1.15 bits per heavy atom. The van der Waals surface area contributed by atoms with Gasteiger partial charge in [0.15, 0.2) is 11.4 Å². The highest BCUT2D eigenvalue weighted by Gasteiger charge is 2.25. The van der Waals surface area contributed by atoms with Crippen LogP contribution < -0.4 is 15.5 Å². The second-order valence-electron chi connectivity index (χ2n) is 10.3. The molecule has 5 aromatic rings. The summed E-state index contributed by atoms with van der Waals surface area (Å²) in [6, 6.07) is 7.04. The van der Waals surface area contributed by atoms with Gasteiger partial charge in [0.1, 0.15) is 16.9 Å². The first-order valence-corrected chi connectivity index (χ1v) is 12.6. The van der Waals surface area contributed by atoms with Gasteiger partial charge in [0.2, 0.25) is 5.95 Å². The van der Waals surface area contributed by atoms with Crippen molar-refractivity contribution in [1.29, 1.82) is 0 Å². The number of hydrogen-bond donors (Lipinski definition) is 3. The van der Waals surface area contributed by atoms with E-state index < -0.39 is 17.8 Å². The Balaban J connectivity index is 1.23. The number of carbonyl (C=O) groups is 2. The van der Waals surface area contributed by atoms with Crippen molar-refractivity contribution in [2.45, 2.75) is 46.0 Å². The zero-order chi connectivity index (χ0) is 28.0. The molecule has 0 aliphatic carbocycles. The van der Waals surface area contributed by atoms with Crippen molar-refractivity contribution in [1.82, 2.24) is 34.6 Å². The SMILES string of the molecule is CC(C)(C)OC(=O)NCc1ncc2n1CCN(c1nc(Nc3ccc4cnn(C(=O)O)c4c3)nc3ccoc13)C2. The molecule has 0 unspecified atom stereocenters. The number of carbonyl (C=O) groups excluding carboxylic acids is 1. The second kappa shape index (κ2) is 9.55. The Morgan fingerprint density at radius 2 is 2.00 bits per heavy atom. The lowest BCUT2D eigenvalue weighted by Gasteiger charge is -2.30. The highest BCUT2D eigenvalue weighted by atomic mass is 16.6. The standard InChI is InChI=1S/C26H27N9O5/c1-26(2,3)40-24(36)28-13-20-27-12-17-14-33(7-8-34(17)20)22-21-18(6-9-39-21)31-23(32-22)30-16-5-4-15-11-29-35(25(37)38)19(15)10-16/h4-6,9-12H,7-8,13-14H2,1-3H3,(H,28,36)(H,37,38)(H,30,31,32). The van der Waals surface area contributed by atoms with Crippen LogP contribution >= 0.6 is 0 Å². The molecule has 0 radical (unpaired) electrons. The van der Waals surface area contributed by atoms with E-state index in [9.17, 15) is 14.7 Å². The van der Waals surface area contributed by atoms with Crippen LogP contribution in [0, 0.1) is 0 Å². The maximum atomic E-state index is 12.1. The first kappa shape index (κ1) is 25.2. The maximum absolute atomic E-state index is 12.1. The van der Waals surface area contributed by atoms with Gasteiger partial charge in [-0.15, -0.1) is 0 Å². The molecule has 1 amide bonds. The van der Waals surface area contributed by atoms with Gasteiger partial charge in [-0.05, 0) is 39.0 Å². The lowest BCUT2D eigenvalue weighted by molar-refractivity contribution is 0.0521. The van der Waals surface area contributed by atoms with Crippen molar-refractivity contribution in [2.75, 3.05) is 16.8 Å². The molecule has 14 heteroatoms. The predicted octanol–water partition coefficient (Wildman–Crippen LogP) is 4.08. The number of benzene rings is 1. The molecular formula is C26H27N9O5. The van der Waals surface area contributed by atoms with E-state index in [0.717, 1.165) is 16.2 Å². The molecule has 206 valence electrons. The fourth-order valence-corrected chi connectivity index (χ4v) is 4.63. The molecule has 0 spiro atoms. The van der Waals surface area contributed by atoms with Gasteiger partial charge in [-0.1, -0.05) is 0 Å². The number of aromatic nitrogens is 6. The normalized spacial score (nSPS) is 13.4. The third-order valence-electron chi connectivity index (χ3n) is 6.35. The molecular weight excluding hydrogens is 518 g/mol. The Bertz CT molecular complexity index is 1750. The lowest BCUT2D eigenvalue weighted by atomic mass is 10.2. The fraction of sp³-hybridized carbons (Fsp3) is 0.308. The van der Waals surface area contributed by atoms with Gasteiger partial charge in [0.05, 0.1) is 43.0 Å². The zero-order valence-corrected chi connectivity index (χ0v) is 22.1. The van der Waals surface area contributed by atoms with Crippen LogP contribution in [0.25, 0.3) is 22.0 Å². The van der Waals surface area contributed by atoms with E-state index in [-0.39, 0.29) is 6.54 Å². The maximum Gasteiger partial charge on any atom is 0.432 e. The van der Waals surface area contributed by atoms with Crippen molar-refractivity contribution in [3.8, 4) is 0 Å². The number of ether oxygens (including phenoxy) is 1. The minimum atomic E-state index is -1.17. The first-order chi connectivity index (χ1) is 19.1. The summed E-state index contributed by atoms with van der Waals surface area (Å²) >= 11 is 0. The summed E-state index contributed by atoms with van der Waals surface area (Å²) in [4.78, 5) is 39.5. The monoisotopic (exact) mass is 545 g/mol. The molecule has 40 heavy (non-hydrogen) atoms. The number of imidazole rings is 1. The molecule has 3 N–H and O–H groups in total. The van der Waals surface area contributed by atoms with Gasteiger partial charge in [-0.3, -0.25) is 0 Å². The van der Waals surface area contributed by atoms with Crippen molar-refractivity contribution >= 4 is 51.6 Å². The quantitative estimate of drug-likeness (QED) is 0.291. The van der Waals surface area contributed by atoms with E-state index in [1.54, 1.807) is 30.7 Å². The number of nitrogens with one attached hydrogen (secondary N) is 2. The largest absolute Gasteiger partial charge is 0.463 e. The number of anilines is 3. The van der Waals surface area contributed by atoms with Gasteiger partial charge in [0.25, 0.3) is 0 Å². The van der Waals surface area contributed by atoms with E-state index in [1.165, 1.54) is 6.20 Å². The van der Waals surface area contributed by atoms with E-state index in [1.807, 2.05) is 26.8 Å². The highest BCUT2D eigenvalue weighted by molar-refractivity contribution is 5.90. The first-order valence-electron chi connectivity index (χ1n) is 12.6. The van der Waals surface area contributed by atoms with Crippen LogP contribution in [0.1, 0.15) is 32.3 Å². The molecule has 0 bridgehead atoms. The van der Waals surface area contributed by atoms with Crippen LogP contribution in [0.5, 0.6) is 0 Å². The molecule has 0 atom stereocenters. The average molecular weight is 546 g/mol. The molecule has 0 fully saturated rings. The average Bonchev–Trinajstić information content (AvgIpc) is 3.63. The second-order valence-corrected chi connectivity index (χ2v) is 10.3. The molecule has 1 aromatic carbocycles. The van der Waals surface area contributed by atoms with Gasteiger partial charge in [-0.25, -0.2) is 19.6 Å². The highest BCUT2D eigenvalue weighted by Crippen LogP contribution is 2.31. The number of alkyl carbamates (subject to hydrolysis) is 1. The van der Waals surface area contributed by atoms with Crippen LogP contribution in [0.15, 0.2) is 47.3 Å². The number of amides is 1. The molecule has 1 aliphatic heterocycles. The van der Waals surface area contributed by atoms with Crippen LogP contribution in [0.3, 0.4) is 0 Å². The summed E-state index contributed by atoms with van der Waals surface area (Å²) in [5.41, 5.74) is 2.64. The van der Waals surface area contributed by atoms with Gasteiger partial charge >= 0.3 is 12.2 Å². The van der Waals surface area contributed by atoms with E-state index in [4.69, 9.17) is 14.1 Å². The molecule has 6 rings (SSSR count). The zero-order valence-electron chi connectivity index (χ0n) is 22.1. The van der Waals surface area contributed by atoms with Crippen molar-refractivity contribution in [2.24, 2.45) is 0 Å². The van der Waals surface area contributed by atoms with Crippen molar-refractivity contribution in [3.05, 3.63) is 54.4 Å². The van der Waals surface area contributed by atoms with Crippen LogP contribution in [0.4, 0.5) is 27.0 Å². The summed E-state index contributed by atoms with van der Waals surface area (Å²) < 4.78 is 14.1. The number of hydrogen-bond acceptors (Lipinski definition) is 10. The summed E-state index contributed by atoms with van der Waals surface area (Å²) in [5.74, 6) is 1.70. The minimum Gasteiger partial charge on any atom is -0.463 e. The smallest absolute Gasteiger partial charge is 0.432 e. The van der Waals surface area contributed by atoms with E-state index in [0.29, 0.717) is 59.1 Å². The number of carboxylic acid groups (broad SMARTS) is 1. The third kappa shape index (κ3) is 4.86. The summed E-state index contributed by atoms with van der Waals surface area (Å²) in [5, 5.41) is 20.0. The molecule has 1 aliphatic rings. The summed E-state index contributed by atoms with van der Waals surface area (Å²) in [6.45, 7) is 7.48. The number of rotatable bonds is 5. The molecule has 4 aromatic heterocycles. The molecule has 5 heterocycles. The van der Waals surface area contributed by atoms with Gasteiger partial charge in [0, 0.05) is 30.2 Å². The molecule has 14 nitrogen and oxygen atoms in total. The van der Waals surface area contributed by atoms with Gasteiger partial charge in [-0.2, -0.15) is 14.8 Å². The predicted molar refractivity (Wildman–Crippen MR) is 145 cm³/mol. The van der Waals surface area contributed by atoms with Crippen LogP contribution in [-0.4, -0.2) is 58.7 Å². The summed E-state index contributed by atoms with van der Waals surface area (Å²) in [7, 11) is 0. The fourth-order valence-electron chi connectivity index (χ4n) is 4.63. The Labute approximate surface area is 227 Å². The lowest BCUT2D eigenvalue weighted by Crippen LogP contribution is -2.36. The number of fused-ring (bicyclic) bond motifs is 3. The van der Waals surface area contributed by atoms with Crippen LogP contribution in [-0.2, 0) is 24.4 Å². The van der Waals surface area contributed by atoms with E-state index >= 15 is 0 Å².